The number of pyridine rings is 1. The van der Waals surface area contributed by atoms with Gasteiger partial charge >= 0.3 is 0 Å². The largest absolute Gasteiger partial charge is 0.468 e. The lowest BCUT2D eigenvalue weighted by Crippen LogP contribution is -2.57. The molecule has 2 saturated carbocycles. The number of carbonyl (C=O) groups is 1. The first kappa shape index (κ1) is 48.5. The Hall–Kier alpha value is -5.79. The first-order chi connectivity index (χ1) is 34.6. The number of hydrogen-bond donors (Lipinski definition) is 4. The van der Waals surface area contributed by atoms with Crippen LogP contribution in [0.25, 0.3) is 11.0 Å². The molecule has 382 valence electrons. The molecule has 2 aromatic heterocycles. The summed E-state index contributed by atoms with van der Waals surface area (Å²) >= 11 is 0. The highest BCUT2D eigenvalue weighted by Gasteiger charge is 2.51. The van der Waals surface area contributed by atoms with E-state index in [9.17, 15) is 28.4 Å². The van der Waals surface area contributed by atoms with Crippen molar-refractivity contribution in [3.05, 3.63) is 106 Å². The summed E-state index contributed by atoms with van der Waals surface area (Å²) in [5, 5.41) is 26.8. The second-order valence-electron chi connectivity index (χ2n) is 21.7. The number of aryl methyl sites for hydroxylation is 1. The van der Waals surface area contributed by atoms with Gasteiger partial charge in [-0.1, -0.05) is 24.3 Å². The maximum Gasteiger partial charge on any atom is 0.293 e. The second kappa shape index (κ2) is 19.2. The number of aliphatic hydroxyl groups is 1. The topological polar surface area (TPSA) is 205 Å². The van der Waals surface area contributed by atoms with Crippen LogP contribution in [0.15, 0.2) is 83.9 Å². The van der Waals surface area contributed by atoms with E-state index in [-0.39, 0.29) is 34.7 Å². The molecule has 6 aliphatic rings. The van der Waals surface area contributed by atoms with Gasteiger partial charge in [0.05, 0.1) is 52.0 Å². The van der Waals surface area contributed by atoms with Gasteiger partial charge in [-0.3, -0.25) is 19.8 Å². The molecule has 72 heavy (non-hydrogen) atoms. The SMILES string of the molecule is Cc1ccccc1[C@@H]1COCC[C@@H](C)N1C1CC2(CCN(c3ccc(C(=O)NS(=O)(=O)c4ccc(NCC5CCC(C)(O)CC5)c([N+](=O)[O-])c4)c(N4c5cc6cc[nH]c6nc5O[C@H]5COCC[C@@H]54)c3)CC2)C1. The van der Waals surface area contributed by atoms with E-state index < -0.39 is 43.1 Å². The zero-order valence-electron chi connectivity index (χ0n) is 41.3. The van der Waals surface area contributed by atoms with Crippen LogP contribution in [0.3, 0.4) is 0 Å². The van der Waals surface area contributed by atoms with Crippen LogP contribution < -0.4 is 24.6 Å². The van der Waals surface area contributed by atoms with Crippen molar-refractivity contribution in [1.29, 1.82) is 0 Å². The van der Waals surface area contributed by atoms with Crippen LogP contribution in [-0.4, -0.2) is 115 Å². The molecule has 0 unspecified atom stereocenters. The van der Waals surface area contributed by atoms with Gasteiger partial charge in [0.1, 0.15) is 23.1 Å². The van der Waals surface area contributed by atoms with Gasteiger partial charge in [-0.05, 0) is 150 Å². The van der Waals surface area contributed by atoms with Crippen molar-refractivity contribution < 1.29 is 37.5 Å². The van der Waals surface area contributed by atoms with Crippen molar-refractivity contribution in [2.75, 3.05) is 61.2 Å². The van der Waals surface area contributed by atoms with E-state index in [1.165, 1.54) is 23.3 Å². The molecule has 1 spiro atoms. The average Bonchev–Trinajstić information content (AvgIpc) is 3.73. The molecule has 18 heteroatoms. The van der Waals surface area contributed by atoms with Crippen LogP contribution in [0.5, 0.6) is 5.88 Å². The molecule has 3 aromatic carbocycles. The molecule has 17 nitrogen and oxygen atoms in total. The second-order valence-corrected chi connectivity index (χ2v) is 23.3. The van der Waals surface area contributed by atoms with E-state index in [1.54, 1.807) is 6.07 Å². The first-order valence-electron chi connectivity index (χ1n) is 25.8. The molecular weight excluding hydrogens is 937 g/mol. The van der Waals surface area contributed by atoms with E-state index in [0.29, 0.717) is 80.6 Å². The fraction of sp³-hybridized carbons (Fsp3) is 0.519. The lowest BCUT2D eigenvalue weighted by molar-refractivity contribution is -0.384. The fourth-order valence-electron chi connectivity index (χ4n) is 12.6. The lowest BCUT2D eigenvalue weighted by atomic mass is 9.59. The molecule has 0 bridgehead atoms. The van der Waals surface area contributed by atoms with Crippen LogP contribution in [-0.2, 0) is 19.5 Å². The number of ether oxygens (including phenoxy) is 3. The van der Waals surface area contributed by atoms with Crippen LogP contribution in [0.1, 0.15) is 106 Å². The molecule has 2 aliphatic carbocycles. The smallest absolute Gasteiger partial charge is 0.293 e. The summed E-state index contributed by atoms with van der Waals surface area (Å²) < 4.78 is 49.3. The van der Waals surface area contributed by atoms with Gasteiger partial charge in [-0.2, -0.15) is 4.98 Å². The molecule has 1 amide bonds. The number of nitrogens with one attached hydrogen (secondary N) is 3. The Morgan fingerprint density at radius 3 is 2.49 bits per heavy atom. The number of aromatic amines is 1. The number of nitro groups is 1. The van der Waals surface area contributed by atoms with E-state index in [0.717, 1.165) is 81.8 Å². The average molecular weight is 1000 g/mol. The van der Waals surface area contributed by atoms with Gasteiger partial charge in [-0.15, -0.1) is 0 Å². The van der Waals surface area contributed by atoms with Crippen molar-refractivity contribution in [2.45, 2.75) is 126 Å². The Kier molecular flexibility index (Phi) is 13.0. The molecular formula is C54H66N8O9S. The highest BCUT2D eigenvalue weighted by Crippen LogP contribution is 2.54. The van der Waals surface area contributed by atoms with Gasteiger partial charge in [0.15, 0.2) is 0 Å². The number of carbonyl (C=O) groups excluding carboxylic acids is 1. The van der Waals surface area contributed by atoms with Crippen LogP contribution in [0.2, 0.25) is 0 Å². The minimum atomic E-state index is -4.62. The third kappa shape index (κ3) is 9.40. The zero-order valence-corrected chi connectivity index (χ0v) is 42.2. The molecule has 4 atom stereocenters. The lowest BCUT2D eigenvalue weighted by Gasteiger charge is -2.57. The maximum atomic E-state index is 14.7. The number of rotatable bonds is 11. The number of aromatic nitrogens is 2. The first-order valence-corrected chi connectivity index (χ1v) is 27.3. The minimum absolute atomic E-state index is 0.114. The summed E-state index contributed by atoms with van der Waals surface area (Å²) in [6, 6.07) is 22.7. The Labute approximate surface area is 420 Å². The highest BCUT2D eigenvalue weighted by atomic mass is 32.2. The monoisotopic (exact) mass is 1000 g/mol. The number of anilines is 4. The summed E-state index contributed by atoms with van der Waals surface area (Å²) in [6.07, 6.45) is 10.1. The van der Waals surface area contributed by atoms with Crippen molar-refractivity contribution in [3.63, 3.8) is 0 Å². The Balaban J connectivity index is 0.871. The fourth-order valence-corrected chi connectivity index (χ4v) is 13.6. The Morgan fingerprint density at radius 2 is 1.71 bits per heavy atom. The van der Waals surface area contributed by atoms with Gasteiger partial charge < -0.3 is 39.4 Å². The number of nitro benzene ring substituents is 1. The molecule has 0 radical (unpaired) electrons. The number of piperidine rings is 1. The van der Waals surface area contributed by atoms with Crippen LogP contribution in [0.4, 0.5) is 28.4 Å². The molecule has 4 N–H and O–H groups in total. The van der Waals surface area contributed by atoms with Gasteiger partial charge in [-0.25, -0.2) is 13.1 Å². The quantitative estimate of drug-likeness (QED) is 0.0724. The minimum Gasteiger partial charge on any atom is -0.468 e. The number of H-pyrrole nitrogens is 1. The van der Waals surface area contributed by atoms with Crippen molar-refractivity contribution in [2.24, 2.45) is 11.3 Å². The van der Waals surface area contributed by atoms with Crippen molar-refractivity contribution >= 4 is 55.4 Å². The molecule has 5 fully saturated rings. The number of sulfonamides is 1. The van der Waals surface area contributed by atoms with E-state index in [4.69, 9.17) is 19.2 Å². The third-order valence-corrected chi connectivity index (χ3v) is 18.2. The normalized spacial score (nSPS) is 26.8. The van der Waals surface area contributed by atoms with Crippen LogP contribution >= 0.6 is 0 Å². The number of hydrogen-bond acceptors (Lipinski definition) is 14. The summed E-state index contributed by atoms with van der Waals surface area (Å²) in [6.45, 7) is 10.7. The standard InChI is InChI=1S/C54H66N8O9S/c1-34-6-4-5-7-41(34)48-32-69-24-15-35(2)60(48)39-29-54(30-39)19-22-59(23-20-54)38-8-10-42(45(27-38)61-44-16-25-70-33-49(44)71-52-47(61)26-37-14-21-55-50(37)57-52)51(63)58-72(67,68)40-9-11-43(46(28-40)62(65)66)56-31-36-12-17-53(3,64)18-13-36/h4-11,14,21,26-28,35-36,39,44,48-49,56,64H,12-13,15-20,22-25,29-33H2,1-3H3,(H,55,57)(H,58,63)/t35-,36?,44+,48+,49+,53?/m1/s1. The van der Waals surface area contributed by atoms with Crippen molar-refractivity contribution in [1.82, 2.24) is 19.6 Å². The number of nitrogens with zero attached hydrogens (tertiary/aromatic N) is 5. The Morgan fingerprint density at radius 1 is 0.944 bits per heavy atom. The summed E-state index contributed by atoms with van der Waals surface area (Å²) in [4.78, 5) is 41.3. The summed E-state index contributed by atoms with van der Waals surface area (Å²) in [5.41, 5.74) is 4.74. The molecule has 3 saturated heterocycles. The predicted molar refractivity (Wildman–Crippen MR) is 275 cm³/mol. The maximum absolute atomic E-state index is 14.7. The predicted octanol–water partition coefficient (Wildman–Crippen LogP) is 8.54. The Bertz CT molecular complexity index is 2960. The molecule has 6 heterocycles. The molecule has 11 rings (SSSR count). The van der Waals surface area contributed by atoms with E-state index >= 15 is 0 Å². The molecule has 4 aliphatic heterocycles. The summed E-state index contributed by atoms with van der Waals surface area (Å²) in [7, 11) is -4.62. The van der Waals surface area contributed by atoms with Crippen LogP contribution in [0, 0.1) is 28.4 Å². The third-order valence-electron chi connectivity index (χ3n) is 16.9. The number of benzene rings is 3. The van der Waals surface area contributed by atoms with Gasteiger partial charge in [0.25, 0.3) is 21.6 Å². The van der Waals surface area contributed by atoms with Crippen molar-refractivity contribution in [3.8, 4) is 5.88 Å². The van der Waals surface area contributed by atoms with Gasteiger partial charge in [0.2, 0.25) is 5.88 Å². The molecule has 5 aromatic rings. The van der Waals surface area contributed by atoms with E-state index in [1.807, 2.05) is 37.4 Å². The number of amides is 1. The van der Waals surface area contributed by atoms with E-state index in [2.05, 4.69) is 67.8 Å². The van der Waals surface area contributed by atoms with Gasteiger partial charge in [0, 0.05) is 68.3 Å². The highest BCUT2D eigenvalue weighted by molar-refractivity contribution is 7.90. The number of fused-ring (bicyclic) bond motifs is 3. The summed E-state index contributed by atoms with van der Waals surface area (Å²) in [5.74, 6) is -0.313. The zero-order chi connectivity index (χ0) is 49.9.